The maximum atomic E-state index is 5.46. The van der Waals surface area contributed by atoms with Gasteiger partial charge in [-0.3, -0.25) is 0 Å². The Morgan fingerprint density at radius 2 is 1.60 bits per heavy atom. The van der Waals surface area contributed by atoms with E-state index in [0.29, 0.717) is 10.9 Å². The van der Waals surface area contributed by atoms with Gasteiger partial charge >= 0.3 is 0 Å². The van der Waals surface area contributed by atoms with Gasteiger partial charge in [-0.1, -0.05) is 19.1 Å². The van der Waals surface area contributed by atoms with Crippen LogP contribution < -0.4 is 24.8 Å². The minimum absolute atomic E-state index is 0.107. The molecule has 2 rings (SSSR count). The molecule has 2 aromatic carbocycles. The van der Waals surface area contributed by atoms with Crippen molar-refractivity contribution in [3.63, 3.8) is 0 Å². The average Bonchev–Trinajstić information content (AvgIpc) is 2.66. The molecule has 0 bridgehead atoms. The SMILES string of the molecule is CCC(NC(=S)Nc1ccc(OC)cc1OC)c1ccc(OC)cc1. The molecular weight excluding hydrogens is 336 g/mol. The van der Waals surface area contributed by atoms with Gasteiger partial charge in [-0.05, 0) is 48.5 Å². The number of ether oxygens (including phenoxy) is 3. The van der Waals surface area contributed by atoms with Gasteiger partial charge in [0.2, 0.25) is 0 Å². The van der Waals surface area contributed by atoms with Gasteiger partial charge in [0.1, 0.15) is 17.2 Å². The lowest BCUT2D eigenvalue weighted by atomic mass is 10.0. The van der Waals surface area contributed by atoms with Crippen LogP contribution in [0.15, 0.2) is 42.5 Å². The Hall–Kier alpha value is -2.47. The van der Waals surface area contributed by atoms with E-state index in [1.54, 1.807) is 21.3 Å². The van der Waals surface area contributed by atoms with Gasteiger partial charge in [0.25, 0.3) is 0 Å². The fraction of sp³-hybridized carbons (Fsp3) is 0.316. The van der Waals surface area contributed by atoms with Crippen LogP contribution in [0.1, 0.15) is 24.9 Å². The molecule has 0 heterocycles. The van der Waals surface area contributed by atoms with E-state index in [1.165, 1.54) is 0 Å². The minimum atomic E-state index is 0.107. The number of nitrogens with one attached hydrogen (secondary N) is 2. The zero-order valence-corrected chi connectivity index (χ0v) is 15.8. The number of hydrogen-bond acceptors (Lipinski definition) is 4. The van der Waals surface area contributed by atoms with Crippen molar-refractivity contribution in [3.05, 3.63) is 48.0 Å². The highest BCUT2D eigenvalue weighted by molar-refractivity contribution is 7.80. The van der Waals surface area contributed by atoms with E-state index in [-0.39, 0.29) is 6.04 Å². The molecule has 0 saturated carbocycles. The van der Waals surface area contributed by atoms with Gasteiger partial charge in [-0.25, -0.2) is 0 Å². The summed E-state index contributed by atoms with van der Waals surface area (Å²) in [6, 6.07) is 13.6. The number of hydrogen-bond donors (Lipinski definition) is 2. The van der Waals surface area contributed by atoms with Gasteiger partial charge < -0.3 is 24.8 Å². The predicted molar refractivity (Wildman–Crippen MR) is 105 cm³/mol. The Balaban J connectivity index is 2.07. The lowest BCUT2D eigenvalue weighted by Gasteiger charge is -2.21. The largest absolute Gasteiger partial charge is 0.497 e. The van der Waals surface area contributed by atoms with Crippen LogP contribution in [0.2, 0.25) is 0 Å². The molecule has 6 heteroatoms. The lowest BCUT2D eigenvalue weighted by molar-refractivity contribution is 0.395. The number of thiocarbonyl (C=S) groups is 1. The molecule has 0 aromatic heterocycles. The first-order chi connectivity index (χ1) is 12.1. The summed E-state index contributed by atoms with van der Waals surface area (Å²) in [5, 5.41) is 7.06. The second-order valence-corrected chi connectivity index (χ2v) is 5.81. The van der Waals surface area contributed by atoms with Crippen molar-refractivity contribution in [3.8, 4) is 17.2 Å². The van der Waals surface area contributed by atoms with E-state index in [0.717, 1.165) is 29.2 Å². The van der Waals surface area contributed by atoms with E-state index in [4.69, 9.17) is 26.4 Å². The Labute approximate surface area is 154 Å². The van der Waals surface area contributed by atoms with Gasteiger partial charge in [-0.2, -0.15) is 0 Å². The molecule has 0 aliphatic heterocycles. The van der Waals surface area contributed by atoms with Crippen LogP contribution >= 0.6 is 12.2 Å². The zero-order valence-electron chi connectivity index (χ0n) is 15.0. The van der Waals surface area contributed by atoms with Crippen LogP contribution in [0.25, 0.3) is 0 Å². The molecule has 1 atom stereocenters. The molecule has 25 heavy (non-hydrogen) atoms. The number of anilines is 1. The van der Waals surface area contributed by atoms with E-state index in [1.807, 2.05) is 42.5 Å². The molecular formula is C19H24N2O3S. The molecule has 0 spiro atoms. The Morgan fingerprint density at radius 3 is 2.16 bits per heavy atom. The van der Waals surface area contributed by atoms with Crippen molar-refractivity contribution in [1.82, 2.24) is 5.32 Å². The molecule has 0 fully saturated rings. The first-order valence-corrected chi connectivity index (χ1v) is 8.45. The topological polar surface area (TPSA) is 51.8 Å². The molecule has 134 valence electrons. The molecule has 0 aliphatic rings. The van der Waals surface area contributed by atoms with E-state index >= 15 is 0 Å². The highest BCUT2D eigenvalue weighted by Gasteiger charge is 2.12. The fourth-order valence-electron chi connectivity index (χ4n) is 2.48. The maximum absolute atomic E-state index is 5.46. The summed E-state index contributed by atoms with van der Waals surface area (Å²) in [5.74, 6) is 2.23. The Bertz CT molecular complexity index is 704. The minimum Gasteiger partial charge on any atom is -0.497 e. The van der Waals surface area contributed by atoms with Crippen molar-refractivity contribution < 1.29 is 14.2 Å². The summed E-state index contributed by atoms with van der Waals surface area (Å²) >= 11 is 5.46. The van der Waals surface area contributed by atoms with Crippen LogP contribution in [-0.4, -0.2) is 26.4 Å². The quantitative estimate of drug-likeness (QED) is 0.724. The van der Waals surface area contributed by atoms with Gasteiger partial charge in [0, 0.05) is 6.07 Å². The van der Waals surface area contributed by atoms with E-state index < -0.39 is 0 Å². The third kappa shape index (κ3) is 5.00. The summed E-state index contributed by atoms with van der Waals surface area (Å²) in [5.41, 5.74) is 1.93. The molecule has 1 unspecified atom stereocenters. The van der Waals surface area contributed by atoms with Crippen molar-refractivity contribution in [2.45, 2.75) is 19.4 Å². The molecule has 0 aliphatic carbocycles. The van der Waals surface area contributed by atoms with Crippen LogP contribution in [0.5, 0.6) is 17.2 Å². The maximum Gasteiger partial charge on any atom is 0.171 e. The molecule has 5 nitrogen and oxygen atoms in total. The van der Waals surface area contributed by atoms with Gasteiger partial charge in [0.05, 0.1) is 33.1 Å². The standard InChI is InChI=1S/C19H24N2O3S/c1-5-16(13-6-8-14(22-2)9-7-13)20-19(25)21-17-11-10-15(23-3)12-18(17)24-4/h6-12,16H,5H2,1-4H3,(H2,20,21,25). The van der Waals surface area contributed by atoms with Crippen molar-refractivity contribution >= 4 is 23.0 Å². The molecule has 0 radical (unpaired) electrons. The van der Waals surface area contributed by atoms with Crippen molar-refractivity contribution in [1.29, 1.82) is 0 Å². The average molecular weight is 360 g/mol. The molecule has 2 aromatic rings. The predicted octanol–water partition coefficient (Wildman–Crippen LogP) is 4.15. The second-order valence-electron chi connectivity index (χ2n) is 5.40. The number of benzene rings is 2. The van der Waals surface area contributed by atoms with E-state index in [2.05, 4.69) is 17.6 Å². The Morgan fingerprint density at radius 1 is 0.960 bits per heavy atom. The van der Waals surface area contributed by atoms with Gasteiger partial charge in [0.15, 0.2) is 5.11 Å². The normalized spacial score (nSPS) is 11.4. The van der Waals surface area contributed by atoms with Crippen molar-refractivity contribution in [2.24, 2.45) is 0 Å². The number of methoxy groups -OCH3 is 3. The van der Waals surface area contributed by atoms with Crippen LogP contribution in [0.3, 0.4) is 0 Å². The van der Waals surface area contributed by atoms with Crippen LogP contribution in [0, 0.1) is 0 Å². The highest BCUT2D eigenvalue weighted by Crippen LogP contribution is 2.29. The molecule has 2 N–H and O–H groups in total. The monoisotopic (exact) mass is 360 g/mol. The summed E-state index contributed by atoms with van der Waals surface area (Å²) < 4.78 is 15.8. The van der Waals surface area contributed by atoms with E-state index in [9.17, 15) is 0 Å². The van der Waals surface area contributed by atoms with Crippen molar-refractivity contribution in [2.75, 3.05) is 26.6 Å². The second kappa shape index (κ2) is 9.13. The van der Waals surface area contributed by atoms with Crippen LogP contribution in [0.4, 0.5) is 5.69 Å². The number of rotatable bonds is 7. The third-order valence-electron chi connectivity index (χ3n) is 3.89. The molecule has 0 amide bonds. The smallest absolute Gasteiger partial charge is 0.171 e. The fourth-order valence-corrected chi connectivity index (χ4v) is 2.73. The molecule has 0 saturated heterocycles. The highest BCUT2D eigenvalue weighted by atomic mass is 32.1. The van der Waals surface area contributed by atoms with Crippen LogP contribution in [-0.2, 0) is 0 Å². The lowest BCUT2D eigenvalue weighted by Crippen LogP contribution is -2.32. The van der Waals surface area contributed by atoms with Gasteiger partial charge in [-0.15, -0.1) is 0 Å². The summed E-state index contributed by atoms with van der Waals surface area (Å²) in [6.07, 6.45) is 0.897. The third-order valence-corrected chi connectivity index (χ3v) is 4.11. The first kappa shape index (κ1) is 18.9. The first-order valence-electron chi connectivity index (χ1n) is 8.04. The summed E-state index contributed by atoms with van der Waals surface area (Å²) in [4.78, 5) is 0. The zero-order chi connectivity index (χ0) is 18.2. The summed E-state index contributed by atoms with van der Waals surface area (Å²) in [7, 11) is 4.89. The Kier molecular flexibility index (Phi) is 6.89. The summed E-state index contributed by atoms with van der Waals surface area (Å²) in [6.45, 7) is 2.11.